The van der Waals surface area contributed by atoms with Gasteiger partial charge in [-0.15, -0.1) is 0 Å². The second-order valence-corrected chi connectivity index (χ2v) is 8.33. The van der Waals surface area contributed by atoms with Gasteiger partial charge in [-0.3, -0.25) is 9.10 Å². The molecule has 1 fully saturated rings. The number of ether oxygens (including phenoxy) is 1. The molecule has 0 N–H and O–H groups in total. The van der Waals surface area contributed by atoms with Crippen molar-refractivity contribution in [2.75, 3.05) is 31.0 Å². The van der Waals surface area contributed by atoms with E-state index in [1.165, 1.54) is 19.2 Å². The van der Waals surface area contributed by atoms with E-state index >= 15 is 0 Å². The van der Waals surface area contributed by atoms with Crippen LogP contribution in [0.25, 0.3) is 0 Å². The SMILES string of the molecule is COC(=O)CN1CC(C)CN(c2c(Cl)cc(Cl)cc2Cl)S1(=O)=O. The number of methoxy groups -OCH3 is 1. The fourth-order valence-electron chi connectivity index (χ4n) is 2.35. The smallest absolute Gasteiger partial charge is 0.321 e. The van der Waals surface area contributed by atoms with Crippen molar-refractivity contribution in [2.45, 2.75) is 6.92 Å². The summed E-state index contributed by atoms with van der Waals surface area (Å²) >= 11 is 18.1. The van der Waals surface area contributed by atoms with Gasteiger partial charge in [-0.05, 0) is 18.1 Å². The maximum atomic E-state index is 12.8. The topological polar surface area (TPSA) is 66.9 Å². The van der Waals surface area contributed by atoms with Crippen molar-refractivity contribution in [1.29, 1.82) is 0 Å². The van der Waals surface area contributed by atoms with Crippen molar-refractivity contribution in [1.82, 2.24) is 4.31 Å². The van der Waals surface area contributed by atoms with Crippen molar-refractivity contribution in [2.24, 2.45) is 5.92 Å². The maximum absolute atomic E-state index is 12.8. The Balaban J connectivity index is 2.47. The van der Waals surface area contributed by atoms with Gasteiger partial charge in [-0.25, -0.2) is 0 Å². The Bertz CT molecular complexity index is 703. The second kappa shape index (κ2) is 7.03. The van der Waals surface area contributed by atoms with E-state index in [2.05, 4.69) is 4.74 Å². The van der Waals surface area contributed by atoms with Gasteiger partial charge in [0.05, 0.1) is 22.8 Å². The molecular formula is C13H15Cl3N2O4S. The quantitative estimate of drug-likeness (QED) is 0.731. The molecule has 1 saturated heterocycles. The number of hydrogen-bond donors (Lipinski definition) is 0. The minimum Gasteiger partial charge on any atom is -0.468 e. The number of nitrogens with zero attached hydrogens (tertiary/aromatic N) is 2. The zero-order valence-electron chi connectivity index (χ0n) is 12.4. The Morgan fingerprint density at radius 3 is 2.35 bits per heavy atom. The van der Waals surface area contributed by atoms with E-state index in [4.69, 9.17) is 34.8 Å². The average molecular weight is 402 g/mol. The molecular weight excluding hydrogens is 387 g/mol. The van der Waals surface area contributed by atoms with Crippen LogP contribution in [0.4, 0.5) is 5.69 Å². The zero-order valence-corrected chi connectivity index (χ0v) is 15.5. The van der Waals surface area contributed by atoms with Gasteiger partial charge in [0.25, 0.3) is 0 Å². The summed E-state index contributed by atoms with van der Waals surface area (Å²) in [4.78, 5) is 11.5. The highest BCUT2D eigenvalue weighted by molar-refractivity contribution is 7.90. The monoisotopic (exact) mass is 400 g/mol. The highest BCUT2D eigenvalue weighted by atomic mass is 35.5. The minimum absolute atomic E-state index is 0.0361. The van der Waals surface area contributed by atoms with Crippen LogP contribution in [0.15, 0.2) is 12.1 Å². The third-order valence-electron chi connectivity index (χ3n) is 3.36. The molecule has 0 aromatic heterocycles. The van der Waals surface area contributed by atoms with Crippen LogP contribution < -0.4 is 4.31 Å². The molecule has 2 rings (SSSR count). The summed E-state index contributed by atoms with van der Waals surface area (Å²) in [6.07, 6.45) is 0. The van der Waals surface area contributed by atoms with Crippen LogP contribution >= 0.6 is 34.8 Å². The zero-order chi connectivity index (χ0) is 17.4. The van der Waals surface area contributed by atoms with E-state index in [1.54, 1.807) is 0 Å². The summed E-state index contributed by atoms with van der Waals surface area (Å²) < 4.78 is 32.3. The molecule has 10 heteroatoms. The lowest BCUT2D eigenvalue weighted by Gasteiger charge is -2.39. The van der Waals surface area contributed by atoms with Crippen LogP contribution in [0.3, 0.4) is 0 Å². The number of carbonyl (C=O) groups excluding carboxylic acids is 1. The molecule has 1 aliphatic rings. The molecule has 1 heterocycles. The van der Waals surface area contributed by atoms with E-state index in [9.17, 15) is 13.2 Å². The van der Waals surface area contributed by atoms with Crippen molar-refractivity contribution < 1.29 is 17.9 Å². The Kier molecular flexibility index (Phi) is 5.68. The first-order valence-corrected chi connectivity index (χ1v) is 9.19. The summed E-state index contributed by atoms with van der Waals surface area (Å²) in [5.74, 6) is -0.679. The Hall–Kier alpha value is -0.730. The van der Waals surface area contributed by atoms with E-state index in [0.29, 0.717) is 5.02 Å². The normalized spacial score (nSPS) is 21.3. The summed E-state index contributed by atoms with van der Waals surface area (Å²) in [7, 11) is -2.76. The molecule has 0 radical (unpaired) electrons. The number of hydrogen-bond acceptors (Lipinski definition) is 4. The molecule has 6 nitrogen and oxygen atoms in total. The van der Waals surface area contributed by atoms with Gasteiger partial charge >= 0.3 is 16.2 Å². The predicted octanol–water partition coefficient (Wildman–Crippen LogP) is 2.82. The largest absolute Gasteiger partial charge is 0.468 e. The molecule has 0 saturated carbocycles. The summed E-state index contributed by atoms with van der Waals surface area (Å²) in [5.41, 5.74) is 0.152. The Morgan fingerprint density at radius 1 is 1.26 bits per heavy atom. The van der Waals surface area contributed by atoms with Gasteiger partial charge in [0.2, 0.25) is 0 Å². The Labute approximate surface area is 150 Å². The maximum Gasteiger partial charge on any atom is 0.321 e. The number of rotatable bonds is 3. The van der Waals surface area contributed by atoms with Gasteiger partial charge in [-0.1, -0.05) is 41.7 Å². The predicted molar refractivity (Wildman–Crippen MR) is 90.5 cm³/mol. The fraction of sp³-hybridized carbons (Fsp3) is 0.462. The van der Waals surface area contributed by atoms with E-state index in [1.807, 2.05) is 6.92 Å². The third-order valence-corrected chi connectivity index (χ3v) is 5.98. The lowest BCUT2D eigenvalue weighted by molar-refractivity contribution is -0.140. The first-order chi connectivity index (χ1) is 10.7. The van der Waals surface area contributed by atoms with Crippen LogP contribution in [0.1, 0.15) is 6.92 Å². The van der Waals surface area contributed by atoms with Crippen LogP contribution in [0.5, 0.6) is 0 Å². The molecule has 0 aliphatic carbocycles. The first-order valence-electron chi connectivity index (χ1n) is 6.66. The molecule has 0 spiro atoms. The number of benzene rings is 1. The standard InChI is InChI=1S/C13H15Cl3N2O4S/c1-8-5-17(7-12(19)22-2)23(20,21)18(6-8)13-10(15)3-9(14)4-11(13)16/h3-4,8H,5-7H2,1-2H3. The van der Waals surface area contributed by atoms with Gasteiger partial charge in [0.15, 0.2) is 0 Å². The third kappa shape index (κ3) is 3.85. The van der Waals surface area contributed by atoms with E-state index in [0.717, 1.165) is 8.61 Å². The molecule has 1 atom stereocenters. The summed E-state index contributed by atoms with van der Waals surface area (Å²) in [6, 6.07) is 2.84. The van der Waals surface area contributed by atoms with Crippen LogP contribution in [0.2, 0.25) is 15.1 Å². The molecule has 0 bridgehead atoms. The molecule has 1 aliphatic heterocycles. The van der Waals surface area contributed by atoms with Crippen LogP contribution in [0, 0.1) is 5.92 Å². The molecule has 0 amide bonds. The summed E-state index contributed by atoms with van der Waals surface area (Å²) in [5, 5.41) is 0.550. The molecule has 1 aromatic rings. The highest BCUT2D eigenvalue weighted by Gasteiger charge is 2.39. The minimum atomic E-state index is -3.96. The fourth-order valence-corrected chi connectivity index (χ4v) is 5.33. The van der Waals surface area contributed by atoms with Crippen LogP contribution in [-0.2, 0) is 19.7 Å². The number of esters is 1. The molecule has 1 aromatic carbocycles. The van der Waals surface area contributed by atoms with Gasteiger partial charge in [-0.2, -0.15) is 12.7 Å². The van der Waals surface area contributed by atoms with E-state index < -0.39 is 16.2 Å². The van der Waals surface area contributed by atoms with Gasteiger partial charge < -0.3 is 4.74 Å². The molecule has 128 valence electrons. The Morgan fingerprint density at radius 2 is 1.83 bits per heavy atom. The number of carbonyl (C=O) groups is 1. The average Bonchev–Trinajstić information content (AvgIpc) is 2.42. The summed E-state index contributed by atoms with van der Waals surface area (Å²) in [6.45, 7) is 1.89. The highest BCUT2D eigenvalue weighted by Crippen LogP contribution is 2.40. The van der Waals surface area contributed by atoms with Crippen LogP contribution in [-0.4, -0.2) is 45.4 Å². The molecule has 1 unspecified atom stereocenters. The lowest BCUT2D eigenvalue weighted by Crippen LogP contribution is -2.54. The van der Waals surface area contributed by atoms with Crippen molar-refractivity contribution in [3.63, 3.8) is 0 Å². The molecule has 23 heavy (non-hydrogen) atoms. The van der Waals surface area contributed by atoms with Gasteiger partial charge in [0.1, 0.15) is 6.54 Å². The second-order valence-electron chi connectivity index (χ2n) is 5.23. The number of anilines is 1. The van der Waals surface area contributed by atoms with Crippen molar-refractivity contribution in [3.8, 4) is 0 Å². The van der Waals surface area contributed by atoms with Crippen molar-refractivity contribution >= 4 is 56.7 Å². The first kappa shape index (κ1) is 18.6. The van der Waals surface area contributed by atoms with Gasteiger partial charge in [0, 0.05) is 18.1 Å². The van der Waals surface area contributed by atoms with E-state index in [-0.39, 0.29) is 41.3 Å². The lowest BCUT2D eigenvalue weighted by atomic mass is 10.1. The number of halogens is 3. The van der Waals surface area contributed by atoms with Crippen molar-refractivity contribution in [3.05, 3.63) is 27.2 Å².